The number of nitrogens with zero attached hydrogens (tertiary/aromatic N) is 1. The molecular formula is C29H41NO5. The Labute approximate surface area is 208 Å². The Balaban J connectivity index is 1.06. The van der Waals surface area contributed by atoms with Crippen LogP contribution < -0.4 is 0 Å². The van der Waals surface area contributed by atoms with Crippen molar-refractivity contribution in [3.05, 3.63) is 0 Å². The van der Waals surface area contributed by atoms with E-state index < -0.39 is 24.2 Å². The van der Waals surface area contributed by atoms with Crippen molar-refractivity contribution in [3.8, 4) is 0 Å². The van der Waals surface area contributed by atoms with Crippen LogP contribution in [-0.4, -0.2) is 52.5 Å². The number of aliphatic hydroxyl groups excluding tert-OH is 1. The minimum atomic E-state index is -0.784. The summed E-state index contributed by atoms with van der Waals surface area (Å²) in [6.45, 7) is 1.94. The molecule has 0 spiro atoms. The zero-order chi connectivity index (χ0) is 24.1. The first-order chi connectivity index (χ1) is 16.7. The topological polar surface area (TPSA) is 83.9 Å². The third-order valence-electron chi connectivity index (χ3n) is 11.5. The van der Waals surface area contributed by atoms with E-state index in [0.717, 1.165) is 38.5 Å². The van der Waals surface area contributed by atoms with Crippen molar-refractivity contribution in [2.75, 3.05) is 6.54 Å². The lowest BCUT2D eigenvalue weighted by atomic mass is 9.48. The zero-order valence-electron chi connectivity index (χ0n) is 21.1. The quantitative estimate of drug-likeness (QED) is 0.600. The maximum atomic E-state index is 13.9. The summed E-state index contributed by atoms with van der Waals surface area (Å²) in [5.74, 6) is 3.57. The van der Waals surface area contributed by atoms with Crippen molar-refractivity contribution in [2.24, 2.45) is 46.3 Å². The molecule has 6 nitrogen and oxygen atoms in total. The molecule has 1 aliphatic heterocycles. The van der Waals surface area contributed by atoms with E-state index in [-0.39, 0.29) is 35.5 Å². The molecular weight excluding hydrogens is 442 g/mol. The van der Waals surface area contributed by atoms with E-state index in [4.69, 9.17) is 4.74 Å². The molecule has 0 aromatic carbocycles. The van der Waals surface area contributed by atoms with Crippen molar-refractivity contribution in [1.29, 1.82) is 0 Å². The van der Waals surface area contributed by atoms with Gasteiger partial charge in [0.15, 0.2) is 11.9 Å². The monoisotopic (exact) mass is 483 g/mol. The van der Waals surface area contributed by atoms with E-state index in [9.17, 15) is 19.5 Å². The average molecular weight is 484 g/mol. The van der Waals surface area contributed by atoms with E-state index in [1.165, 1.54) is 38.5 Å². The van der Waals surface area contributed by atoms with Gasteiger partial charge < -0.3 is 14.7 Å². The zero-order valence-corrected chi connectivity index (χ0v) is 21.1. The van der Waals surface area contributed by atoms with Gasteiger partial charge in [0.25, 0.3) is 0 Å². The second-order valence-electron chi connectivity index (χ2n) is 14.2. The van der Waals surface area contributed by atoms with E-state index in [2.05, 4.69) is 0 Å². The number of β-amino-alcohol motifs (C(OH)–C–C–N with tert-alkyl or cyclic N) is 1. The van der Waals surface area contributed by atoms with Crippen LogP contribution in [0.4, 0.5) is 0 Å². The Hall–Kier alpha value is -1.43. The molecule has 9 aliphatic rings. The maximum absolute atomic E-state index is 13.9. The second-order valence-corrected chi connectivity index (χ2v) is 14.2. The molecule has 6 heteroatoms. The minimum absolute atomic E-state index is 0.0650. The number of ether oxygens (including phenoxy) is 1. The number of amides is 1. The van der Waals surface area contributed by atoms with E-state index in [1.807, 2.05) is 0 Å². The van der Waals surface area contributed by atoms with Crippen LogP contribution in [0.25, 0.3) is 0 Å². The van der Waals surface area contributed by atoms with Crippen LogP contribution in [0.3, 0.4) is 0 Å². The molecule has 1 saturated heterocycles. The second kappa shape index (κ2) is 7.79. The molecule has 8 aliphatic carbocycles. The third kappa shape index (κ3) is 3.55. The number of hydrogen-bond acceptors (Lipinski definition) is 5. The highest BCUT2D eigenvalue weighted by Crippen LogP contribution is 2.62. The molecule has 2 unspecified atom stereocenters. The fourth-order valence-electron chi connectivity index (χ4n) is 11.1. The Kier molecular flexibility index (Phi) is 5.06. The van der Waals surface area contributed by atoms with Gasteiger partial charge in [-0.2, -0.15) is 0 Å². The molecule has 9 rings (SSSR count). The predicted octanol–water partition coefficient (Wildman–Crippen LogP) is 3.88. The average Bonchev–Trinajstić information content (AvgIpc) is 3.18. The van der Waals surface area contributed by atoms with Crippen LogP contribution in [0, 0.1) is 46.3 Å². The van der Waals surface area contributed by atoms with Crippen LogP contribution in [0.5, 0.6) is 0 Å². The van der Waals surface area contributed by atoms with Gasteiger partial charge in [0.2, 0.25) is 5.91 Å². The number of carbonyl (C=O) groups excluding carboxylic acids is 3. The fourth-order valence-corrected chi connectivity index (χ4v) is 11.1. The number of aliphatic hydroxyl groups is 1. The van der Waals surface area contributed by atoms with Crippen molar-refractivity contribution in [2.45, 2.75) is 109 Å². The summed E-state index contributed by atoms with van der Waals surface area (Å²) >= 11 is 0. The smallest absolute Gasteiger partial charge is 0.329 e. The molecule has 3 atom stereocenters. The van der Waals surface area contributed by atoms with E-state index in [0.29, 0.717) is 35.5 Å². The first-order valence-corrected chi connectivity index (χ1v) is 14.5. The minimum Gasteiger partial charge on any atom is -0.453 e. The number of rotatable bonds is 5. The molecule has 9 fully saturated rings. The van der Waals surface area contributed by atoms with Gasteiger partial charge >= 0.3 is 5.97 Å². The molecule has 0 radical (unpaired) electrons. The number of Topliss-reactive ketones (excluding diaryl/α,β-unsaturated/α-hetero) is 1. The van der Waals surface area contributed by atoms with E-state index >= 15 is 0 Å². The van der Waals surface area contributed by atoms with Crippen LogP contribution in [0.2, 0.25) is 0 Å². The van der Waals surface area contributed by atoms with Gasteiger partial charge in [0.05, 0.1) is 11.5 Å². The van der Waals surface area contributed by atoms with Gasteiger partial charge in [0, 0.05) is 18.4 Å². The molecule has 0 aromatic heterocycles. The lowest BCUT2D eigenvalue weighted by molar-refractivity contribution is -0.172. The fraction of sp³-hybridized carbons (Fsp3) is 0.897. The van der Waals surface area contributed by atoms with Gasteiger partial charge in [-0.25, -0.2) is 4.79 Å². The number of hydrogen-bond donors (Lipinski definition) is 1. The van der Waals surface area contributed by atoms with Crippen molar-refractivity contribution >= 4 is 17.7 Å². The molecule has 1 heterocycles. The molecule has 1 amide bonds. The highest BCUT2D eigenvalue weighted by atomic mass is 16.5. The summed E-state index contributed by atoms with van der Waals surface area (Å²) < 4.78 is 5.84. The normalized spacial score (nSPS) is 49.9. The van der Waals surface area contributed by atoms with Gasteiger partial charge in [-0.15, -0.1) is 0 Å². The molecule has 0 aromatic rings. The van der Waals surface area contributed by atoms with Gasteiger partial charge in [-0.3, -0.25) is 9.59 Å². The van der Waals surface area contributed by atoms with Crippen molar-refractivity contribution < 1.29 is 24.2 Å². The molecule has 8 bridgehead atoms. The van der Waals surface area contributed by atoms with Gasteiger partial charge in [0.1, 0.15) is 6.04 Å². The number of carbonyl (C=O) groups is 3. The van der Waals surface area contributed by atoms with Crippen LogP contribution in [0.1, 0.15) is 90.4 Å². The first kappa shape index (κ1) is 22.7. The number of esters is 1. The molecule has 192 valence electrons. The summed E-state index contributed by atoms with van der Waals surface area (Å²) in [4.78, 5) is 42.6. The summed E-state index contributed by atoms with van der Waals surface area (Å²) in [5.41, 5.74) is -0.656. The summed E-state index contributed by atoms with van der Waals surface area (Å²) in [7, 11) is 0. The van der Waals surface area contributed by atoms with Crippen molar-refractivity contribution in [3.63, 3.8) is 0 Å². The third-order valence-corrected chi connectivity index (χ3v) is 11.5. The van der Waals surface area contributed by atoms with Crippen LogP contribution in [-0.2, 0) is 19.1 Å². The number of ketones is 1. The standard InChI is InChI=1S/C29H41NO5/c1-16(25(32)28-9-17-2-18(10-28)4-19(3-17)11-28)35-26(33)24-8-23(31)15-30(24)27(34)29-12-20-5-21(13-29)7-22(6-20)14-29/h16-24,31H,2-15H2,1H3/t16?,17?,18?,19?,20?,21?,22?,23?,24-,28?,29?/m0/s1. The number of likely N-dealkylation sites (tertiary alicyclic amines) is 1. The Morgan fingerprint density at radius 1 is 0.743 bits per heavy atom. The Morgan fingerprint density at radius 2 is 1.17 bits per heavy atom. The van der Waals surface area contributed by atoms with Crippen molar-refractivity contribution in [1.82, 2.24) is 4.90 Å². The maximum Gasteiger partial charge on any atom is 0.329 e. The van der Waals surface area contributed by atoms with E-state index in [1.54, 1.807) is 11.8 Å². The lowest BCUT2D eigenvalue weighted by Crippen LogP contribution is -2.57. The molecule has 1 N–H and O–H groups in total. The summed E-state index contributed by atoms with van der Waals surface area (Å²) in [6, 6.07) is -0.767. The predicted molar refractivity (Wildman–Crippen MR) is 128 cm³/mol. The summed E-state index contributed by atoms with van der Waals surface area (Å²) in [6.07, 6.45) is 12.0. The molecule has 8 saturated carbocycles. The van der Waals surface area contributed by atoms with Crippen LogP contribution >= 0.6 is 0 Å². The SMILES string of the molecule is CC(OC(=O)[C@@H]1CC(O)CN1C(=O)C12CC3CC(CC(C3)C1)C2)C(=O)C12CC3CC(CC(C3)C1)C2. The molecule has 35 heavy (non-hydrogen) atoms. The Bertz CT molecular complexity index is 871. The van der Waals surface area contributed by atoms with Gasteiger partial charge in [-0.05, 0) is 119 Å². The lowest BCUT2D eigenvalue weighted by Gasteiger charge is -2.56. The highest BCUT2D eigenvalue weighted by Gasteiger charge is 2.58. The largest absolute Gasteiger partial charge is 0.453 e. The van der Waals surface area contributed by atoms with Crippen LogP contribution in [0.15, 0.2) is 0 Å². The highest BCUT2D eigenvalue weighted by molar-refractivity contribution is 5.93. The first-order valence-electron chi connectivity index (χ1n) is 14.5. The Morgan fingerprint density at radius 3 is 1.63 bits per heavy atom. The summed E-state index contributed by atoms with van der Waals surface area (Å²) in [5, 5.41) is 10.5. The van der Waals surface area contributed by atoms with Gasteiger partial charge in [-0.1, -0.05) is 0 Å².